The zero-order valence-corrected chi connectivity index (χ0v) is 19.2. The van der Waals surface area contributed by atoms with E-state index in [0.717, 1.165) is 11.1 Å². The molecule has 1 N–H and O–H groups in total. The van der Waals surface area contributed by atoms with Crippen molar-refractivity contribution in [2.75, 3.05) is 13.7 Å². The number of nitrogens with zero attached hydrogens (tertiary/aromatic N) is 1. The molecule has 2 aromatic carbocycles. The van der Waals surface area contributed by atoms with Gasteiger partial charge in [0.25, 0.3) is 11.8 Å². The van der Waals surface area contributed by atoms with Crippen molar-refractivity contribution in [1.29, 1.82) is 0 Å². The molecule has 0 fully saturated rings. The molecule has 0 atom stereocenters. The Morgan fingerprint density at radius 3 is 2.32 bits per heavy atom. The van der Waals surface area contributed by atoms with E-state index in [1.807, 2.05) is 52.8 Å². The summed E-state index contributed by atoms with van der Waals surface area (Å²) in [4.78, 5) is 26.6. The van der Waals surface area contributed by atoms with Crippen molar-refractivity contribution >= 4 is 11.8 Å². The third-order valence-corrected chi connectivity index (χ3v) is 4.64. The average Bonchev–Trinajstić information content (AvgIpc) is 2.70. The van der Waals surface area contributed by atoms with Gasteiger partial charge < -0.3 is 9.47 Å². The molecule has 0 spiro atoms. The van der Waals surface area contributed by atoms with Crippen LogP contribution in [-0.2, 0) is 11.3 Å². The smallest absolute Gasteiger partial charge is 0.272 e. The van der Waals surface area contributed by atoms with E-state index in [1.165, 1.54) is 5.01 Å². The van der Waals surface area contributed by atoms with Crippen molar-refractivity contribution in [3.8, 4) is 5.75 Å². The standard InChI is InChI=1S/C25H32N2O4/c1-8-12-31-16-21-20(10-9-11-22(21)30-7)23(28)26-27(25(4,5)6)24(29)19-14-17(2)13-18(3)15-19/h8-11,13-15H,1,12,16H2,2-7H3,(H,26,28). The zero-order chi connectivity index (χ0) is 23.2. The number of methoxy groups -OCH3 is 1. The Morgan fingerprint density at radius 1 is 1.13 bits per heavy atom. The number of aryl methyl sites for hydroxylation is 2. The van der Waals surface area contributed by atoms with Gasteiger partial charge in [-0.3, -0.25) is 15.0 Å². The lowest BCUT2D eigenvalue weighted by Gasteiger charge is -2.36. The summed E-state index contributed by atoms with van der Waals surface area (Å²) in [5, 5.41) is 1.37. The summed E-state index contributed by atoms with van der Waals surface area (Å²) in [6.45, 7) is 13.7. The molecule has 6 heteroatoms. The normalized spacial score (nSPS) is 11.0. The van der Waals surface area contributed by atoms with E-state index in [9.17, 15) is 9.59 Å². The summed E-state index contributed by atoms with van der Waals surface area (Å²) in [6, 6.07) is 10.8. The van der Waals surface area contributed by atoms with Gasteiger partial charge in [-0.1, -0.05) is 29.3 Å². The van der Waals surface area contributed by atoms with E-state index >= 15 is 0 Å². The Balaban J connectivity index is 2.39. The topological polar surface area (TPSA) is 67.9 Å². The van der Waals surface area contributed by atoms with Crippen LogP contribution in [0, 0.1) is 13.8 Å². The minimum Gasteiger partial charge on any atom is -0.496 e. The molecule has 0 heterocycles. The third-order valence-electron chi connectivity index (χ3n) is 4.64. The largest absolute Gasteiger partial charge is 0.496 e. The molecule has 0 saturated heterocycles. The molecule has 0 unspecified atom stereocenters. The van der Waals surface area contributed by atoms with Crippen molar-refractivity contribution in [1.82, 2.24) is 10.4 Å². The summed E-state index contributed by atoms with van der Waals surface area (Å²) in [7, 11) is 1.54. The minimum absolute atomic E-state index is 0.180. The first-order valence-electron chi connectivity index (χ1n) is 10.2. The first kappa shape index (κ1) is 24.2. The number of benzene rings is 2. The summed E-state index contributed by atoms with van der Waals surface area (Å²) in [6.07, 6.45) is 1.64. The molecule has 0 radical (unpaired) electrons. The Bertz CT molecular complexity index is 940. The predicted molar refractivity (Wildman–Crippen MR) is 122 cm³/mol. The fraction of sp³-hybridized carbons (Fsp3) is 0.360. The number of rotatable bonds is 7. The molecular weight excluding hydrogens is 392 g/mol. The second-order valence-corrected chi connectivity index (χ2v) is 8.42. The number of amides is 2. The Hall–Kier alpha value is -3.12. The molecule has 0 aliphatic carbocycles. The van der Waals surface area contributed by atoms with Crippen molar-refractivity contribution in [3.05, 3.63) is 76.9 Å². The van der Waals surface area contributed by atoms with Gasteiger partial charge in [-0.2, -0.15) is 0 Å². The summed E-state index contributed by atoms with van der Waals surface area (Å²) in [5.74, 6) is -0.150. The molecule has 0 bridgehead atoms. The lowest BCUT2D eigenvalue weighted by molar-refractivity contribution is 0.0357. The van der Waals surface area contributed by atoms with Crippen LogP contribution >= 0.6 is 0 Å². The first-order valence-corrected chi connectivity index (χ1v) is 10.2. The SMILES string of the molecule is C=CCOCc1c(OC)cccc1C(=O)NN(C(=O)c1cc(C)cc(C)c1)C(C)(C)C. The van der Waals surface area contributed by atoms with Crippen LogP contribution in [0.5, 0.6) is 5.75 Å². The number of ether oxygens (including phenoxy) is 2. The molecule has 0 aliphatic heterocycles. The maximum absolute atomic E-state index is 13.3. The van der Waals surface area contributed by atoms with E-state index < -0.39 is 11.4 Å². The summed E-state index contributed by atoms with van der Waals surface area (Å²) in [5.41, 5.74) is 5.63. The fourth-order valence-corrected chi connectivity index (χ4v) is 3.27. The molecule has 0 aliphatic rings. The van der Waals surface area contributed by atoms with Crippen molar-refractivity contribution < 1.29 is 19.1 Å². The summed E-state index contributed by atoms with van der Waals surface area (Å²) >= 11 is 0. The van der Waals surface area contributed by atoms with Gasteiger partial charge in [0.2, 0.25) is 0 Å². The Morgan fingerprint density at radius 2 is 1.77 bits per heavy atom. The highest BCUT2D eigenvalue weighted by molar-refractivity contribution is 6.00. The molecule has 0 aromatic heterocycles. The maximum atomic E-state index is 13.3. The molecule has 31 heavy (non-hydrogen) atoms. The fourth-order valence-electron chi connectivity index (χ4n) is 3.27. The van der Waals surface area contributed by atoms with Crippen LogP contribution in [0.1, 0.15) is 58.2 Å². The van der Waals surface area contributed by atoms with Crippen LogP contribution in [0.4, 0.5) is 0 Å². The molecule has 2 amide bonds. The number of carbonyl (C=O) groups is 2. The number of nitrogens with one attached hydrogen (secondary N) is 1. The lowest BCUT2D eigenvalue weighted by Crippen LogP contribution is -2.56. The second-order valence-electron chi connectivity index (χ2n) is 8.42. The molecule has 166 valence electrons. The van der Waals surface area contributed by atoms with Crippen LogP contribution < -0.4 is 10.2 Å². The van der Waals surface area contributed by atoms with Crippen LogP contribution in [0.25, 0.3) is 0 Å². The van der Waals surface area contributed by atoms with Crippen LogP contribution in [0.15, 0.2) is 49.1 Å². The van der Waals surface area contributed by atoms with Gasteiger partial charge in [0.15, 0.2) is 0 Å². The third kappa shape index (κ3) is 6.18. The van der Waals surface area contributed by atoms with E-state index in [4.69, 9.17) is 9.47 Å². The zero-order valence-electron chi connectivity index (χ0n) is 19.2. The first-order chi connectivity index (χ1) is 14.6. The second kappa shape index (κ2) is 10.3. The van der Waals surface area contributed by atoms with Gasteiger partial charge in [-0.05, 0) is 58.9 Å². The number of hydrogen-bond acceptors (Lipinski definition) is 4. The monoisotopic (exact) mass is 424 g/mol. The van der Waals surface area contributed by atoms with E-state index in [1.54, 1.807) is 31.4 Å². The predicted octanol–water partition coefficient (Wildman–Crippen LogP) is 4.60. The van der Waals surface area contributed by atoms with Gasteiger partial charge >= 0.3 is 0 Å². The number of hydrazine groups is 1. The molecule has 0 saturated carbocycles. The van der Waals surface area contributed by atoms with E-state index in [2.05, 4.69) is 12.0 Å². The van der Waals surface area contributed by atoms with Gasteiger partial charge in [-0.25, -0.2) is 5.01 Å². The van der Waals surface area contributed by atoms with Gasteiger partial charge in [0.05, 0.1) is 31.4 Å². The van der Waals surface area contributed by atoms with Crippen LogP contribution in [-0.4, -0.2) is 36.1 Å². The van der Waals surface area contributed by atoms with Crippen LogP contribution in [0.2, 0.25) is 0 Å². The molecule has 2 aromatic rings. The highest BCUT2D eigenvalue weighted by atomic mass is 16.5. The van der Waals surface area contributed by atoms with Crippen molar-refractivity contribution in [2.45, 2.75) is 46.8 Å². The Labute approximate surface area is 184 Å². The Kier molecular flexibility index (Phi) is 8.00. The number of carbonyl (C=O) groups excluding carboxylic acids is 2. The minimum atomic E-state index is -0.650. The lowest BCUT2D eigenvalue weighted by atomic mass is 10.0. The molecule has 6 nitrogen and oxygen atoms in total. The average molecular weight is 425 g/mol. The van der Waals surface area contributed by atoms with Gasteiger partial charge in [0, 0.05) is 11.1 Å². The van der Waals surface area contributed by atoms with Crippen LogP contribution in [0.3, 0.4) is 0 Å². The molecular formula is C25H32N2O4. The quantitative estimate of drug-likeness (QED) is 0.401. The maximum Gasteiger partial charge on any atom is 0.272 e. The highest BCUT2D eigenvalue weighted by Gasteiger charge is 2.30. The van der Waals surface area contributed by atoms with E-state index in [0.29, 0.717) is 29.0 Å². The summed E-state index contributed by atoms with van der Waals surface area (Å²) < 4.78 is 11.0. The number of hydrogen-bond donors (Lipinski definition) is 1. The van der Waals surface area contributed by atoms with E-state index in [-0.39, 0.29) is 12.5 Å². The van der Waals surface area contributed by atoms with Gasteiger partial charge in [-0.15, -0.1) is 6.58 Å². The molecule has 2 rings (SSSR count). The van der Waals surface area contributed by atoms with Gasteiger partial charge in [0.1, 0.15) is 5.75 Å². The van der Waals surface area contributed by atoms with Crippen molar-refractivity contribution in [2.24, 2.45) is 0 Å². The van der Waals surface area contributed by atoms with Crippen molar-refractivity contribution in [3.63, 3.8) is 0 Å². The highest BCUT2D eigenvalue weighted by Crippen LogP contribution is 2.24.